The third-order valence-corrected chi connectivity index (χ3v) is 4.49. The van der Waals surface area contributed by atoms with Gasteiger partial charge in [0, 0.05) is 13.0 Å². The molecule has 0 heterocycles. The van der Waals surface area contributed by atoms with Gasteiger partial charge in [0.2, 0.25) is 10.0 Å². The van der Waals surface area contributed by atoms with Gasteiger partial charge in [0.25, 0.3) is 0 Å². The highest BCUT2D eigenvalue weighted by Gasteiger charge is 2.19. The quantitative estimate of drug-likeness (QED) is 0.655. The lowest BCUT2D eigenvalue weighted by atomic mass is 9.97. The molecule has 104 valence electrons. The molecule has 0 amide bonds. The predicted molar refractivity (Wildman–Crippen MR) is 67.3 cm³/mol. The number of aliphatic carboxylic acids is 1. The van der Waals surface area contributed by atoms with Crippen molar-refractivity contribution in [3.63, 3.8) is 0 Å². The average molecular weight is 276 g/mol. The number of nitrogens with one attached hydrogen (secondary N) is 1. The normalized spacial score (nSPS) is 14.7. The molecular formula is C11H20N2O4S. The van der Waals surface area contributed by atoms with Crippen molar-refractivity contribution in [1.29, 1.82) is 5.26 Å². The summed E-state index contributed by atoms with van der Waals surface area (Å²) in [5.74, 6) is -0.659. The van der Waals surface area contributed by atoms with Crippen LogP contribution < -0.4 is 4.72 Å². The van der Waals surface area contributed by atoms with Gasteiger partial charge in [-0.05, 0) is 25.7 Å². The Labute approximate surface area is 108 Å². The van der Waals surface area contributed by atoms with Crippen molar-refractivity contribution in [3.05, 3.63) is 0 Å². The Kier molecular flexibility index (Phi) is 7.55. The van der Waals surface area contributed by atoms with E-state index in [1.165, 1.54) is 6.92 Å². The Hall–Kier alpha value is -1.13. The molecule has 0 aromatic heterocycles. The molecule has 0 fully saturated rings. The Morgan fingerprint density at radius 2 is 2.06 bits per heavy atom. The molecule has 0 aliphatic heterocycles. The van der Waals surface area contributed by atoms with Crippen LogP contribution in [-0.4, -0.2) is 31.3 Å². The molecule has 2 N–H and O–H groups in total. The fourth-order valence-electron chi connectivity index (χ4n) is 1.48. The molecule has 6 nitrogen and oxygen atoms in total. The summed E-state index contributed by atoms with van der Waals surface area (Å²) in [6.45, 7) is 3.51. The topological polar surface area (TPSA) is 107 Å². The largest absolute Gasteiger partial charge is 0.481 e. The lowest BCUT2D eigenvalue weighted by Crippen LogP contribution is -2.33. The van der Waals surface area contributed by atoms with E-state index < -0.39 is 21.2 Å². The van der Waals surface area contributed by atoms with Gasteiger partial charge in [0.1, 0.15) is 0 Å². The van der Waals surface area contributed by atoms with E-state index in [2.05, 4.69) is 4.72 Å². The number of nitriles is 1. The van der Waals surface area contributed by atoms with Crippen molar-refractivity contribution in [1.82, 2.24) is 4.72 Å². The minimum Gasteiger partial charge on any atom is -0.481 e. The van der Waals surface area contributed by atoms with E-state index >= 15 is 0 Å². The van der Waals surface area contributed by atoms with Gasteiger partial charge in [0.15, 0.2) is 5.25 Å². The maximum absolute atomic E-state index is 11.5. The second-order valence-corrected chi connectivity index (χ2v) is 6.29. The fourth-order valence-corrected chi connectivity index (χ4v) is 2.27. The Morgan fingerprint density at radius 1 is 1.44 bits per heavy atom. The van der Waals surface area contributed by atoms with Crippen molar-refractivity contribution in [2.24, 2.45) is 5.92 Å². The van der Waals surface area contributed by atoms with Crippen molar-refractivity contribution in [2.45, 2.75) is 44.8 Å². The van der Waals surface area contributed by atoms with Crippen LogP contribution in [0, 0.1) is 17.2 Å². The zero-order valence-corrected chi connectivity index (χ0v) is 11.5. The molecule has 0 aromatic carbocycles. The zero-order valence-electron chi connectivity index (χ0n) is 10.7. The highest BCUT2D eigenvalue weighted by atomic mass is 32.2. The summed E-state index contributed by atoms with van der Waals surface area (Å²) >= 11 is 0. The summed E-state index contributed by atoms with van der Waals surface area (Å²) in [5.41, 5.74) is 0. The minimum absolute atomic E-state index is 0.0971. The van der Waals surface area contributed by atoms with Gasteiger partial charge in [0.05, 0.1) is 6.07 Å². The number of nitrogens with zero attached hydrogens (tertiary/aromatic N) is 1. The van der Waals surface area contributed by atoms with Gasteiger partial charge < -0.3 is 5.11 Å². The maximum atomic E-state index is 11.5. The maximum Gasteiger partial charge on any atom is 0.303 e. The summed E-state index contributed by atoms with van der Waals surface area (Å²) in [6.07, 6.45) is 2.03. The van der Waals surface area contributed by atoms with E-state index in [0.29, 0.717) is 12.8 Å². The molecular weight excluding hydrogens is 256 g/mol. The Morgan fingerprint density at radius 3 is 2.50 bits per heavy atom. The number of rotatable bonds is 9. The second-order valence-electron chi connectivity index (χ2n) is 4.21. The number of sulfonamides is 1. The molecule has 0 saturated heterocycles. The number of carboxylic acid groups (broad SMARTS) is 1. The number of hydrogen-bond donors (Lipinski definition) is 2. The van der Waals surface area contributed by atoms with E-state index in [9.17, 15) is 13.2 Å². The van der Waals surface area contributed by atoms with Crippen molar-refractivity contribution in [2.75, 3.05) is 6.54 Å². The molecule has 0 saturated carbocycles. The highest BCUT2D eigenvalue weighted by Crippen LogP contribution is 2.14. The summed E-state index contributed by atoms with van der Waals surface area (Å²) in [6, 6.07) is 1.67. The standard InChI is InChI=1S/C11H20N2O4S/c1-3-10(4-5-11(14)15)6-7-13-18(16,17)9(2)8-12/h9-10,13H,3-7H2,1-2H3,(H,14,15). The molecule has 2 atom stereocenters. The van der Waals surface area contributed by atoms with E-state index in [4.69, 9.17) is 10.4 Å². The minimum atomic E-state index is -3.57. The molecule has 0 aliphatic carbocycles. The number of carbonyl (C=O) groups is 1. The van der Waals surface area contributed by atoms with Crippen LogP contribution in [0.5, 0.6) is 0 Å². The molecule has 7 heteroatoms. The molecule has 0 radical (unpaired) electrons. The van der Waals surface area contributed by atoms with Gasteiger partial charge in [-0.1, -0.05) is 13.3 Å². The van der Waals surface area contributed by atoms with Crippen LogP contribution in [0.4, 0.5) is 0 Å². The van der Waals surface area contributed by atoms with E-state index in [1.807, 2.05) is 6.92 Å². The molecule has 0 rings (SSSR count). The first kappa shape index (κ1) is 16.9. The van der Waals surface area contributed by atoms with E-state index in [0.717, 1.165) is 6.42 Å². The molecule has 0 aliphatic rings. The molecule has 2 unspecified atom stereocenters. The molecule has 0 bridgehead atoms. The molecule has 0 spiro atoms. The van der Waals surface area contributed by atoms with Crippen LogP contribution in [0.15, 0.2) is 0 Å². The zero-order chi connectivity index (χ0) is 14.2. The van der Waals surface area contributed by atoms with Crippen LogP contribution in [0.2, 0.25) is 0 Å². The van der Waals surface area contributed by atoms with E-state index in [1.54, 1.807) is 6.07 Å². The predicted octanol–water partition coefficient (Wildman–Crippen LogP) is 1.10. The first-order chi connectivity index (χ1) is 8.33. The van der Waals surface area contributed by atoms with Crippen LogP contribution in [0.25, 0.3) is 0 Å². The third-order valence-electron chi connectivity index (χ3n) is 2.85. The van der Waals surface area contributed by atoms with Crippen LogP contribution in [-0.2, 0) is 14.8 Å². The molecule has 18 heavy (non-hydrogen) atoms. The van der Waals surface area contributed by atoms with Gasteiger partial charge >= 0.3 is 5.97 Å². The van der Waals surface area contributed by atoms with Crippen molar-refractivity contribution >= 4 is 16.0 Å². The SMILES string of the molecule is CCC(CCNS(=O)(=O)C(C)C#N)CCC(=O)O. The number of carboxylic acids is 1. The van der Waals surface area contributed by atoms with Crippen LogP contribution >= 0.6 is 0 Å². The summed E-state index contributed by atoms with van der Waals surface area (Å²) in [4.78, 5) is 10.4. The first-order valence-electron chi connectivity index (χ1n) is 5.93. The van der Waals surface area contributed by atoms with Gasteiger partial charge in [-0.25, -0.2) is 13.1 Å². The summed E-state index contributed by atoms with van der Waals surface area (Å²) in [5, 5.41) is 16.0. The Balaban J connectivity index is 4.09. The third kappa shape index (κ3) is 6.57. The van der Waals surface area contributed by atoms with Gasteiger partial charge in [-0.15, -0.1) is 0 Å². The summed E-state index contributed by atoms with van der Waals surface area (Å²) < 4.78 is 25.3. The second kappa shape index (κ2) is 8.06. The lowest BCUT2D eigenvalue weighted by molar-refractivity contribution is -0.137. The van der Waals surface area contributed by atoms with Gasteiger partial charge in [-0.2, -0.15) is 5.26 Å². The summed E-state index contributed by atoms with van der Waals surface area (Å²) in [7, 11) is -3.57. The fraction of sp³-hybridized carbons (Fsp3) is 0.818. The highest BCUT2D eigenvalue weighted by molar-refractivity contribution is 7.90. The van der Waals surface area contributed by atoms with Crippen LogP contribution in [0.3, 0.4) is 0 Å². The Bertz CT molecular complexity index is 400. The average Bonchev–Trinajstić information content (AvgIpc) is 2.31. The lowest BCUT2D eigenvalue weighted by Gasteiger charge is -2.14. The molecule has 0 aromatic rings. The smallest absolute Gasteiger partial charge is 0.303 e. The monoisotopic (exact) mass is 276 g/mol. The van der Waals surface area contributed by atoms with Crippen molar-refractivity contribution in [3.8, 4) is 6.07 Å². The van der Waals surface area contributed by atoms with Gasteiger partial charge in [-0.3, -0.25) is 4.79 Å². The van der Waals surface area contributed by atoms with Crippen LogP contribution in [0.1, 0.15) is 39.5 Å². The number of hydrogen-bond acceptors (Lipinski definition) is 4. The first-order valence-corrected chi connectivity index (χ1v) is 7.48. The van der Waals surface area contributed by atoms with Crippen molar-refractivity contribution < 1.29 is 18.3 Å². The van der Waals surface area contributed by atoms with E-state index in [-0.39, 0.29) is 18.9 Å².